The normalized spacial score (nSPS) is 10.2. The van der Waals surface area contributed by atoms with Crippen LogP contribution in [0, 0.1) is 6.92 Å². The summed E-state index contributed by atoms with van der Waals surface area (Å²) in [5.74, 6) is -1.60. The number of anilines is 2. The Balaban J connectivity index is 2.32. The topological polar surface area (TPSA) is 103 Å². The predicted octanol–water partition coefficient (Wildman–Crippen LogP) is 4.40. The molecule has 0 saturated heterocycles. The Kier molecular flexibility index (Phi) is 8.95. The quantitative estimate of drug-likeness (QED) is 0.334. The SMILES string of the molecule is CCOC(=O)c1ccccc1NC(=S)Nc1sc(C(=O)OCC)c(C)c1C(=O)OCC. The van der Waals surface area contributed by atoms with Gasteiger partial charge in [0.25, 0.3) is 0 Å². The molecule has 0 atom stereocenters. The Morgan fingerprint density at radius 2 is 1.48 bits per heavy atom. The summed E-state index contributed by atoms with van der Waals surface area (Å²) in [6, 6.07) is 6.74. The number of esters is 3. The zero-order valence-electron chi connectivity index (χ0n) is 17.7. The lowest BCUT2D eigenvalue weighted by molar-refractivity contribution is 0.0515. The fraction of sp³-hybridized carbons (Fsp3) is 0.333. The van der Waals surface area contributed by atoms with E-state index >= 15 is 0 Å². The Bertz CT molecular complexity index is 986. The second-order valence-electron chi connectivity index (χ2n) is 6.05. The summed E-state index contributed by atoms with van der Waals surface area (Å²) < 4.78 is 15.3. The number of thiocarbonyl (C=S) groups is 1. The molecule has 0 amide bonds. The van der Waals surface area contributed by atoms with Crippen LogP contribution < -0.4 is 10.6 Å². The molecular weight excluding hydrogens is 440 g/mol. The van der Waals surface area contributed by atoms with E-state index in [2.05, 4.69) is 10.6 Å². The van der Waals surface area contributed by atoms with Crippen molar-refractivity contribution in [3.05, 3.63) is 45.8 Å². The molecular formula is C21H24N2O6S2. The van der Waals surface area contributed by atoms with Crippen LogP contribution in [-0.2, 0) is 14.2 Å². The monoisotopic (exact) mass is 464 g/mol. The van der Waals surface area contributed by atoms with Crippen molar-refractivity contribution in [2.75, 3.05) is 30.5 Å². The van der Waals surface area contributed by atoms with Crippen LogP contribution in [0.4, 0.5) is 10.7 Å². The van der Waals surface area contributed by atoms with Gasteiger partial charge in [0.05, 0.1) is 36.6 Å². The van der Waals surface area contributed by atoms with Crippen LogP contribution >= 0.6 is 23.6 Å². The van der Waals surface area contributed by atoms with Gasteiger partial charge < -0.3 is 24.8 Å². The van der Waals surface area contributed by atoms with Crippen LogP contribution in [-0.4, -0.2) is 42.8 Å². The molecule has 31 heavy (non-hydrogen) atoms. The van der Waals surface area contributed by atoms with E-state index in [4.69, 9.17) is 26.4 Å². The van der Waals surface area contributed by atoms with Crippen molar-refractivity contribution in [1.29, 1.82) is 0 Å². The van der Waals surface area contributed by atoms with Gasteiger partial charge in [-0.2, -0.15) is 0 Å². The van der Waals surface area contributed by atoms with Gasteiger partial charge >= 0.3 is 17.9 Å². The molecule has 0 saturated carbocycles. The summed E-state index contributed by atoms with van der Waals surface area (Å²) in [6.07, 6.45) is 0. The van der Waals surface area contributed by atoms with Gasteiger partial charge in [0.1, 0.15) is 9.88 Å². The molecule has 1 aromatic carbocycles. The molecule has 0 spiro atoms. The zero-order chi connectivity index (χ0) is 23.0. The third-order valence-corrected chi connectivity index (χ3v) is 5.38. The smallest absolute Gasteiger partial charge is 0.348 e. The molecule has 1 heterocycles. The van der Waals surface area contributed by atoms with Gasteiger partial charge in [-0.05, 0) is 57.6 Å². The molecule has 1 aromatic heterocycles. The number of hydrogen-bond donors (Lipinski definition) is 2. The summed E-state index contributed by atoms with van der Waals surface area (Å²) in [7, 11) is 0. The maximum Gasteiger partial charge on any atom is 0.348 e. The standard InChI is InChI=1S/C21H24N2O6S2/c1-5-27-18(24)13-10-8-9-11-14(13)22-21(30)23-17-15(19(25)28-6-2)12(4)16(31-17)20(26)29-7-3/h8-11H,5-7H2,1-4H3,(H2,22,23,30). The second-order valence-corrected chi connectivity index (χ2v) is 7.48. The Labute approximate surface area is 189 Å². The zero-order valence-corrected chi connectivity index (χ0v) is 19.3. The average Bonchev–Trinajstić information content (AvgIpc) is 3.04. The molecule has 0 radical (unpaired) electrons. The third-order valence-electron chi connectivity index (χ3n) is 3.98. The molecule has 0 bridgehead atoms. The molecule has 166 valence electrons. The van der Waals surface area contributed by atoms with Crippen molar-refractivity contribution in [2.24, 2.45) is 0 Å². The van der Waals surface area contributed by atoms with Gasteiger partial charge in [-0.3, -0.25) is 0 Å². The predicted molar refractivity (Wildman–Crippen MR) is 123 cm³/mol. The number of ether oxygens (including phenoxy) is 3. The minimum absolute atomic E-state index is 0.124. The molecule has 0 aliphatic carbocycles. The number of para-hydroxylation sites is 1. The number of carbonyl (C=O) groups excluding carboxylic acids is 3. The first kappa shape index (κ1) is 24.3. The minimum atomic E-state index is -0.580. The van der Waals surface area contributed by atoms with Crippen molar-refractivity contribution in [2.45, 2.75) is 27.7 Å². The van der Waals surface area contributed by atoms with E-state index < -0.39 is 17.9 Å². The van der Waals surface area contributed by atoms with Gasteiger partial charge in [0.2, 0.25) is 0 Å². The maximum absolute atomic E-state index is 12.5. The second kappa shape index (κ2) is 11.4. The van der Waals surface area contributed by atoms with Gasteiger partial charge in [0.15, 0.2) is 5.11 Å². The van der Waals surface area contributed by atoms with Crippen molar-refractivity contribution in [1.82, 2.24) is 0 Å². The van der Waals surface area contributed by atoms with Crippen molar-refractivity contribution >= 4 is 57.3 Å². The highest BCUT2D eigenvalue weighted by Gasteiger charge is 2.27. The Hall–Kier alpha value is -2.98. The molecule has 10 heteroatoms. The Morgan fingerprint density at radius 1 is 0.903 bits per heavy atom. The van der Waals surface area contributed by atoms with Gasteiger partial charge in [-0.15, -0.1) is 11.3 Å². The fourth-order valence-electron chi connectivity index (χ4n) is 2.68. The lowest BCUT2D eigenvalue weighted by atomic mass is 10.1. The van der Waals surface area contributed by atoms with Crippen molar-refractivity contribution in [3.8, 4) is 0 Å². The van der Waals surface area contributed by atoms with Crippen LogP contribution in [0.1, 0.15) is 56.7 Å². The summed E-state index contributed by atoms with van der Waals surface area (Å²) in [4.78, 5) is 37.2. The summed E-state index contributed by atoms with van der Waals surface area (Å²) >= 11 is 6.41. The highest BCUT2D eigenvalue weighted by atomic mass is 32.1. The van der Waals surface area contributed by atoms with Gasteiger partial charge in [-0.25, -0.2) is 14.4 Å². The van der Waals surface area contributed by atoms with Crippen LogP contribution in [0.15, 0.2) is 24.3 Å². The largest absolute Gasteiger partial charge is 0.462 e. The van der Waals surface area contributed by atoms with E-state index in [0.29, 0.717) is 21.8 Å². The van der Waals surface area contributed by atoms with E-state index in [1.165, 1.54) is 0 Å². The number of benzene rings is 1. The van der Waals surface area contributed by atoms with E-state index in [1.54, 1.807) is 52.0 Å². The first-order valence-corrected chi connectivity index (χ1v) is 10.9. The fourth-order valence-corrected chi connectivity index (χ4v) is 4.05. The van der Waals surface area contributed by atoms with Crippen LogP contribution in [0.5, 0.6) is 0 Å². The number of hydrogen-bond acceptors (Lipinski definition) is 8. The van der Waals surface area contributed by atoms with Crippen molar-refractivity contribution in [3.63, 3.8) is 0 Å². The van der Waals surface area contributed by atoms with Crippen LogP contribution in [0.3, 0.4) is 0 Å². The van der Waals surface area contributed by atoms with E-state index in [1.807, 2.05) is 0 Å². The van der Waals surface area contributed by atoms with Gasteiger partial charge in [-0.1, -0.05) is 12.1 Å². The van der Waals surface area contributed by atoms with Crippen molar-refractivity contribution < 1.29 is 28.6 Å². The first-order chi connectivity index (χ1) is 14.8. The molecule has 2 rings (SSSR count). The number of thiophene rings is 1. The lowest BCUT2D eigenvalue weighted by Gasteiger charge is -2.13. The van der Waals surface area contributed by atoms with Crippen LogP contribution in [0.25, 0.3) is 0 Å². The molecule has 0 fully saturated rings. The molecule has 0 unspecified atom stereocenters. The molecule has 0 aliphatic heterocycles. The van der Waals surface area contributed by atoms with E-state index in [-0.39, 0.29) is 35.4 Å². The van der Waals surface area contributed by atoms with Crippen LogP contribution in [0.2, 0.25) is 0 Å². The highest BCUT2D eigenvalue weighted by Crippen LogP contribution is 2.34. The average molecular weight is 465 g/mol. The first-order valence-electron chi connectivity index (χ1n) is 9.65. The Morgan fingerprint density at radius 3 is 2.13 bits per heavy atom. The summed E-state index contributed by atoms with van der Waals surface area (Å²) in [5, 5.41) is 6.33. The number of rotatable bonds is 8. The van der Waals surface area contributed by atoms with E-state index in [0.717, 1.165) is 11.3 Å². The summed E-state index contributed by atoms with van der Waals surface area (Å²) in [5.41, 5.74) is 1.40. The van der Waals surface area contributed by atoms with E-state index in [9.17, 15) is 14.4 Å². The molecule has 8 nitrogen and oxygen atoms in total. The van der Waals surface area contributed by atoms with Gasteiger partial charge in [0, 0.05) is 0 Å². The number of nitrogens with one attached hydrogen (secondary N) is 2. The molecule has 2 N–H and O–H groups in total. The molecule has 0 aliphatic rings. The number of carbonyl (C=O) groups is 3. The highest BCUT2D eigenvalue weighted by molar-refractivity contribution is 7.80. The third kappa shape index (κ3) is 6.02. The maximum atomic E-state index is 12.5. The summed E-state index contributed by atoms with van der Waals surface area (Å²) in [6.45, 7) is 7.38. The lowest BCUT2D eigenvalue weighted by Crippen LogP contribution is -2.22. The molecule has 2 aromatic rings. The minimum Gasteiger partial charge on any atom is -0.462 e.